The topological polar surface area (TPSA) is 144 Å². The van der Waals surface area contributed by atoms with Crippen molar-refractivity contribution in [1.82, 2.24) is 10.2 Å². The largest absolute Gasteiger partial charge is 0.493 e. The van der Waals surface area contributed by atoms with Crippen molar-refractivity contribution in [2.45, 2.75) is 36.9 Å². The molecule has 0 radical (unpaired) electrons. The minimum atomic E-state index is -4.62. The van der Waals surface area contributed by atoms with E-state index in [1.54, 1.807) is 18.2 Å². The minimum Gasteiger partial charge on any atom is -0.493 e. The zero-order valence-electron chi connectivity index (χ0n) is 24.8. The second kappa shape index (κ2) is 12.6. The monoisotopic (exact) mass is 654 g/mol. The molecule has 0 aromatic heterocycles. The van der Waals surface area contributed by atoms with Crippen LogP contribution in [0.1, 0.15) is 43.3 Å². The molecule has 11 nitrogen and oxygen atoms in total. The fourth-order valence-corrected chi connectivity index (χ4v) is 6.07. The number of aliphatic hydroxyl groups excluding tert-OH is 2. The van der Waals surface area contributed by atoms with Crippen molar-refractivity contribution in [3.8, 4) is 23.0 Å². The second-order valence-corrected chi connectivity index (χ2v) is 11.1. The first-order chi connectivity index (χ1) is 22.5. The fraction of sp³-hybridized carbons (Fsp3) is 0.303. The number of alkyl halides is 3. The standard InChI is InChI=1S/C33H29F3N2O9/c1-44-26-12-18(15-40)10-21-27-22(31(42)37-8-9-39)13-23(28(41)30(27)47-29(21)26)38(14-17-2-7-24-25(11-17)46-16-45-24)32(43)19-3-5-20(6-4-19)33(34,35)36/h2-7,10-13,15,23,27-28,30,39,41H,8-9,14,16H2,1H3,(H,37,42)/t23-,27+,28+,30+/m1/s1. The van der Waals surface area contributed by atoms with E-state index in [1.165, 1.54) is 30.2 Å². The van der Waals surface area contributed by atoms with Crippen LogP contribution in [0.3, 0.4) is 0 Å². The van der Waals surface area contributed by atoms with Crippen LogP contribution in [0.2, 0.25) is 0 Å². The molecule has 0 saturated heterocycles. The molecule has 4 atom stereocenters. The van der Waals surface area contributed by atoms with Crippen LogP contribution in [-0.2, 0) is 17.5 Å². The molecule has 14 heteroatoms. The second-order valence-electron chi connectivity index (χ2n) is 11.1. The normalized spacial score (nSPS) is 20.8. The van der Waals surface area contributed by atoms with Crippen LogP contribution >= 0.6 is 0 Å². The van der Waals surface area contributed by atoms with Crippen LogP contribution in [0.25, 0.3) is 0 Å². The molecule has 1 aliphatic carbocycles. The van der Waals surface area contributed by atoms with Crippen molar-refractivity contribution in [1.29, 1.82) is 0 Å². The molecule has 2 aliphatic heterocycles. The van der Waals surface area contributed by atoms with E-state index in [1.807, 2.05) is 0 Å². The lowest BCUT2D eigenvalue weighted by atomic mass is 9.77. The first-order valence-corrected chi connectivity index (χ1v) is 14.5. The molecule has 0 fully saturated rings. The molecule has 6 rings (SSSR count). The van der Waals surface area contributed by atoms with Gasteiger partial charge in [0, 0.05) is 35.4 Å². The van der Waals surface area contributed by atoms with Gasteiger partial charge < -0.3 is 39.4 Å². The molecule has 3 aromatic rings. The SMILES string of the molecule is COc1cc(C=O)cc2c1O[C@@H]1[C@@H](O)[C@H](N(Cc3ccc4c(c3)OCO4)C(=O)c3ccc(C(F)(F)F)cc3)C=C(C(=O)NCCO)[C@H]21. The number of fused-ring (bicyclic) bond motifs is 4. The molecule has 246 valence electrons. The van der Waals surface area contributed by atoms with E-state index < -0.39 is 47.7 Å². The maximum atomic E-state index is 14.1. The van der Waals surface area contributed by atoms with E-state index in [0.717, 1.165) is 24.3 Å². The van der Waals surface area contributed by atoms with Gasteiger partial charge in [0.2, 0.25) is 12.7 Å². The summed E-state index contributed by atoms with van der Waals surface area (Å²) in [7, 11) is 1.37. The average Bonchev–Trinajstić information content (AvgIpc) is 3.70. The van der Waals surface area contributed by atoms with Gasteiger partial charge in [-0.25, -0.2) is 0 Å². The number of carbonyl (C=O) groups excluding carboxylic acids is 3. The number of aldehydes is 1. The van der Waals surface area contributed by atoms with Gasteiger partial charge in [0.25, 0.3) is 5.91 Å². The molecular formula is C33H29F3N2O9. The Morgan fingerprint density at radius 3 is 2.51 bits per heavy atom. The number of benzene rings is 3. The molecule has 3 aromatic carbocycles. The lowest BCUT2D eigenvalue weighted by Gasteiger charge is -2.40. The third-order valence-corrected chi connectivity index (χ3v) is 8.28. The summed E-state index contributed by atoms with van der Waals surface area (Å²) in [4.78, 5) is 40.7. The number of hydrogen-bond acceptors (Lipinski definition) is 9. The number of halogens is 3. The molecule has 47 heavy (non-hydrogen) atoms. The highest BCUT2D eigenvalue weighted by Crippen LogP contribution is 2.51. The number of aliphatic hydroxyl groups is 2. The van der Waals surface area contributed by atoms with Gasteiger partial charge in [-0.15, -0.1) is 0 Å². The zero-order chi connectivity index (χ0) is 33.5. The summed E-state index contributed by atoms with van der Waals surface area (Å²) in [5.74, 6) is -0.970. The van der Waals surface area contributed by atoms with Crippen molar-refractivity contribution in [3.63, 3.8) is 0 Å². The van der Waals surface area contributed by atoms with Gasteiger partial charge in [-0.3, -0.25) is 14.4 Å². The summed E-state index contributed by atoms with van der Waals surface area (Å²) in [5.41, 5.74) is 0.213. The smallest absolute Gasteiger partial charge is 0.416 e. The molecule has 2 heterocycles. The Hall–Kier alpha value is -5.08. The summed E-state index contributed by atoms with van der Waals surface area (Å²) >= 11 is 0. The highest BCUT2D eigenvalue weighted by atomic mass is 19.4. The number of ether oxygens (including phenoxy) is 4. The first kappa shape index (κ1) is 31.9. The third-order valence-electron chi connectivity index (χ3n) is 8.28. The maximum absolute atomic E-state index is 14.1. The van der Waals surface area contributed by atoms with E-state index in [-0.39, 0.29) is 54.7 Å². The number of rotatable bonds is 9. The molecule has 0 unspecified atom stereocenters. The van der Waals surface area contributed by atoms with Crippen LogP contribution < -0.4 is 24.3 Å². The predicted octanol–water partition coefficient (Wildman–Crippen LogP) is 3.22. The molecule has 0 saturated carbocycles. The number of nitrogens with one attached hydrogen (secondary N) is 1. The van der Waals surface area contributed by atoms with Gasteiger partial charge in [0.15, 0.2) is 23.0 Å². The van der Waals surface area contributed by atoms with Crippen molar-refractivity contribution < 1.29 is 56.7 Å². The molecule has 0 bridgehead atoms. The Morgan fingerprint density at radius 1 is 1.09 bits per heavy atom. The van der Waals surface area contributed by atoms with Crippen LogP contribution in [0.15, 0.2) is 66.2 Å². The maximum Gasteiger partial charge on any atom is 0.416 e. The van der Waals surface area contributed by atoms with Crippen LogP contribution in [-0.4, -0.2) is 78.5 Å². The van der Waals surface area contributed by atoms with Gasteiger partial charge in [0.05, 0.1) is 31.2 Å². The van der Waals surface area contributed by atoms with Gasteiger partial charge in [0.1, 0.15) is 18.5 Å². The summed E-state index contributed by atoms with van der Waals surface area (Å²) < 4.78 is 62.4. The summed E-state index contributed by atoms with van der Waals surface area (Å²) in [6, 6.07) is 10.3. The number of amides is 2. The number of hydrogen-bond donors (Lipinski definition) is 3. The predicted molar refractivity (Wildman–Crippen MR) is 157 cm³/mol. The number of nitrogens with zero attached hydrogens (tertiary/aromatic N) is 1. The Bertz CT molecular complexity index is 1740. The Morgan fingerprint density at radius 2 is 1.83 bits per heavy atom. The number of carbonyl (C=O) groups is 3. The lowest BCUT2D eigenvalue weighted by Crippen LogP contribution is -2.55. The Balaban J connectivity index is 1.46. The highest BCUT2D eigenvalue weighted by Gasteiger charge is 2.51. The zero-order valence-corrected chi connectivity index (χ0v) is 24.8. The summed E-state index contributed by atoms with van der Waals surface area (Å²) in [5, 5.41) is 23.9. The van der Waals surface area contributed by atoms with Crippen molar-refractivity contribution in [2.24, 2.45) is 0 Å². The van der Waals surface area contributed by atoms with Crippen LogP contribution in [0.5, 0.6) is 23.0 Å². The lowest BCUT2D eigenvalue weighted by molar-refractivity contribution is -0.137. The summed E-state index contributed by atoms with van der Waals surface area (Å²) in [6.07, 6.45) is -5.24. The van der Waals surface area contributed by atoms with Crippen LogP contribution in [0.4, 0.5) is 13.2 Å². The van der Waals surface area contributed by atoms with Gasteiger partial charge in [-0.05, 0) is 60.2 Å². The first-order valence-electron chi connectivity index (χ1n) is 14.5. The Labute approximate surface area is 266 Å². The van der Waals surface area contributed by atoms with Crippen molar-refractivity contribution in [3.05, 3.63) is 94.1 Å². The van der Waals surface area contributed by atoms with Gasteiger partial charge in [-0.2, -0.15) is 13.2 Å². The van der Waals surface area contributed by atoms with E-state index in [4.69, 9.17) is 18.9 Å². The van der Waals surface area contributed by atoms with E-state index in [2.05, 4.69) is 5.32 Å². The van der Waals surface area contributed by atoms with E-state index >= 15 is 0 Å². The van der Waals surface area contributed by atoms with Crippen molar-refractivity contribution in [2.75, 3.05) is 27.1 Å². The Kier molecular flexibility index (Phi) is 8.55. The van der Waals surface area contributed by atoms with Gasteiger partial charge >= 0.3 is 6.18 Å². The van der Waals surface area contributed by atoms with Crippen LogP contribution in [0, 0.1) is 0 Å². The molecular weight excluding hydrogens is 625 g/mol. The molecule has 3 N–H and O–H groups in total. The fourth-order valence-electron chi connectivity index (χ4n) is 6.07. The summed E-state index contributed by atoms with van der Waals surface area (Å²) in [6.45, 7) is -0.627. The minimum absolute atomic E-state index is 0.000376. The highest BCUT2D eigenvalue weighted by molar-refractivity contribution is 5.98. The molecule has 0 spiro atoms. The van der Waals surface area contributed by atoms with Crippen molar-refractivity contribution >= 4 is 18.1 Å². The average molecular weight is 655 g/mol. The molecule has 3 aliphatic rings. The van der Waals surface area contributed by atoms with E-state index in [9.17, 15) is 37.8 Å². The quantitative estimate of drug-likeness (QED) is 0.297. The third kappa shape index (κ3) is 5.97. The van der Waals surface area contributed by atoms with E-state index in [0.29, 0.717) is 28.9 Å². The van der Waals surface area contributed by atoms with Gasteiger partial charge in [-0.1, -0.05) is 6.07 Å². The number of methoxy groups -OCH3 is 1. The molecule has 2 amide bonds.